The number of fused-ring (bicyclic) bond motifs is 1. The number of thiazole rings is 1. The molecule has 0 aliphatic rings. The van der Waals surface area contributed by atoms with Crippen molar-refractivity contribution in [1.29, 1.82) is 0 Å². The van der Waals surface area contributed by atoms with Gasteiger partial charge in [0.05, 0.1) is 5.69 Å². The van der Waals surface area contributed by atoms with E-state index in [-0.39, 0.29) is 5.91 Å². The van der Waals surface area contributed by atoms with Crippen molar-refractivity contribution >= 4 is 33.8 Å². The molecule has 0 atom stereocenters. The maximum Gasteiger partial charge on any atom is 0.270 e. The summed E-state index contributed by atoms with van der Waals surface area (Å²) in [4.78, 5) is 18.8. The number of hydrogen-bond acceptors (Lipinski definition) is 3. The Labute approximate surface area is 131 Å². The number of benzene rings is 1. The van der Waals surface area contributed by atoms with Crippen molar-refractivity contribution in [2.24, 2.45) is 0 Å². The summed E-state index contributed by atoms with van der Waals surface area (Å²) in [6, 6.07) is 7.48. The molecule has 3 rings (SSSR count). The minimum Gasteiger partial charge on any atom is -0.347 e. The number of hydrogen-bond donors (Lipinski definition) is 1. The Kier molecular flexibility index (Phi) is 3.69. The quantitative estimate of drug-likeness (QED) is 0.802. The van der Waals surface area contributed by atoms with Gasteiger partial charge < -0.3 is 5.32 Å². The number of carbonyl (C=O) groups is 1. The van der Waals surface area contributed by atoms with Crippen molar-refractivity contribution in [3.05, 3.63) is 57.3 Å². The lowest BCUT2D eigenvalue weighted by Gasteiger charge is -2.07. The van der Waals surface area contributed by atoms with Crippen molar-refractivity contribution in [1.82, 2.24) is 14.7 Å². The van der Waals surface area contributed by atoms with Crippen LogP contribution in [0.4, 0.5) is 0 Å². The zero-order valence-corrected chi connectivity index (χ0v) is 13.3. The maximum absolute atomic E-state index is 12.4. The van der Waals surface area contributed by atoms with E-state index in [1.165, 1.54) is 0 Å². The van der Waals surface area contributed by atoms with E-state index in [0.717, 1.165) is 21.1 Å². The summed E-state index contributed by atoms with van der Waals surface area (Å²) in [6.45, 7) is 4.24. The van der Waals surface area contributed by atoms with Crippen LogP contribution in [-0.4, -0.2) is 15.3 Å². The van der Waals surface area contributed by atoms with Gasteiger partial charge in [-0.05, 0) is 25.5 Å². The second-order valence-electron chi connectivity index (χ2n) is 4.81. The molecule has 6 heteroatoms. The lowest BCUT2D eigenvalue weighted by molar-refractivity contribution is 0.0944. The molecule has 0 saturated heterocycles. The first-order valence-corrected chi connectivity index (χ1v) is 7.72. The molecule has 0 unspecified atom stereocenters. The monoisotopic (exact) mass is 319 g/mol. The van der Waals surface area contributed by atoms with Crippen molar-refractivity contribution in [3.63, 3.8) is 0 Å². The molecule has 21 heavy (non-hydrogen) atoms. The van der Waals surface area contributed by atoms with E-state index in [4.69, 9.17) is 11.6 Å². The van der Waals surface area contributed by atoms with Crippen LogP contribution in [-0.2, 0) is 6.54 Å². The van der Waals surface area contributed by atoms with Gasteiger partial charge in [-0.15, -0.1) is 11.3 Å². The summed E-state index contributed by atoms with van der Waals surface area (Å²) in [5.41, 5.74) is 2.21. The highest BCUT2D eigenvalue weighted by Gasteiger charge is 2.18. The van der Waals surface area contributed by atoms with Crippen LogP contribution in [0.3, 0.4) is 0 Å². The number of aryl methyl sites for hydroxylation is 2. The van der Waals surface area contributed by atoms with Crippen molar-refractivity contribution in [2.75, 3.05) is 0 Å². The molecular formula is C15H14ClN3OS. The standard InChI is InChI=1S/C15H14ClN3OS/c1-9-8-19-13(10(2)18-15(19)21-9)14(20)17-7-11-5-3-4-6-12(11)16/h3-6,8H,7H2,1-2H3,(H,17,20). The van der Waals surface area contributed by atoms with Gasteiger partial charge in [0.25, 0.3) is 5.91 Å². The lowest BCUT2D eigenvalue weighted by Crippen LogP contribution is -2.25. The van der Waals surface area contributed by atoms with Gasteiger partial charge in [-0.2, -0.15) is 0 Å². The molecule has 108 valence electrons. The summed E-state index contributed by atoms with van der Waals surface area (Å²) >= 11 is 7.67. The Balaban J connectivity index is 1.84. The second kappa shape index (κ2) is 5.50. The molecule has 0 bridgehead atoms. The molecule has 1 aromatic carbocycles. The zero-order valence-electron chi connectivity index (χ0n) is 11.7. The molecule has 4 nitrogen and oxygen atoms in total. The first kappa shape index (κ1) is 14.1. The highest BCUT2D eigenvalue weighted by molar-refractivity contribution is 7.17. The Bertz CT molecular complexity index is 822. The molecule has 0 spiro atoms. The Morgan fingerprint density at radius 1 is 1.38 bits per heavy atom. The maximum atomic E-state index is 12.4. The molecule has 2 aromatic heterocycles. The molecule has 0 fully saturated rings. The Morgan fingerprint density at radius 2 is 2.14 bits per heavy atom. The number of nitrogens with zero attached hydrogens (tertiary/aromatic N) is 2. The van der Waals surface area contributed by atoms with E-state index < -0.39 is 0 Å². The number of amides is 1. The largest absolute Gasteiger partial charge is 0.347 e. The topological polar surface area (TPSA) is 46.4 Å². The predicted molar refractivity (Wildman–Crippen MR) is 85.2 cm³/mol. The van der Waals surface area contributed by atoms with Gasteiger partial charge in [0.15, 0.2) is 4.96 Å². The number of imidazole rings is 1. The Morgan fingerprint density at radius 3 is 2.90 bits per heavy atom. The third-order valence-electron chi connectivity index (χ3n) is 3.23. The van der Waals surface area contributed by atoms with Crippen LogP contribution in [0.5, 0.6) is 0 Å². The van der Waals surface area contributed by atoms with Gasteiger partial charge in [-0.25, -0.2) is 4.98 Å². The van der Waals surface area contributed by atoms with Gasteiger partial charge in [0.1, 0.15) is 5.69 Å². The van der Waals surface area contributed by atoms with Gasteiger partial charge in [-0.1, -0.05) is 29.8 Å². The smallest absolute Gasteiger partial charge is 0.270 e. The van der Waals surface area contributed by atoms with Gasteiger partial charge in [0.2, 0.25) is 0 Å². The van der Waals surface area contributed by atoms with E-state index >= 15 is 0 Å². The van der Waals surface area contributed by atoms with Crippen LogP contribution in [0.2, 0.25) is 5.02 Å². The highest BCUT2D eigenvalue weighted by Crippen LogP contribution is 2.21. The summed E-state index contributed by atoms with van der Waals surface area (Å²) in [5, 5.41) is 3.56. The van der Waals surface area contributed by atoms with Gasteiger partial charge in [0, 0.05) is 22.6 Å². The molecule has 2 heterocycles. The molecule has 3 aromatic rings. The third kappa shape index (κ3) is 2.66. The van der Waals surface area contributed by atoms with Crippen LogP contribution in [0.1, 0.15) is 26.6 Å². The fraction of sp³-hybridized carbons (Fsp3) is 0.200. The Hall–Kier alpha value is -1.85. The molecular weight excluding hydrogens is 306 g/mol. The van der Waals surface area contributed by atoms with Gasteiger partial charge >= 0.3 is 0 Å². The molecule has 0 radical (unpaired) electrons. The molecule has 0 aliphatic heterocycles. The average molecular weight is 320 g/mol. The normalized spacial score (nSPS) is 11.0. The highest BCUT2D eigenvalue weighted by atomic mass is 35.5. The minimum absolute atomic E-state index is 0.141. The van der Waals surface area contributed by atoms with Crippen LogP contribution in [0.25, 0.3) is 4.96 Å². The van der Waals surface area contributed by atoms with Crippen LogP contribution in [0, 0.1) is 13.8 Å². The predicted octanol–water partition coefficient (Wildman–Crippen LogP) is 3.60. The third-order valence-corrected chi connectivity index (χ3v) is 4.50. The van der Waals surface area contributed by atoms with Crippen molar-refractivity contribution in [2.45, 2.75) is 20.4 Å². The number of halogens is 1. The number of rotatable bonds is 3. The summed E-state index contributed by atoms with van der Waals surface area (Å²) < 4.78 is 1.84. The molecule has 0 aliphatic carbocycles. The van der Waals surface area contributed by atoms with E-state index in [0.29, 0.717) is 17.3 Å². The second-order valence-corrected chi connectivity index (χ2v) is 6.43. The fourth-order valence-corrected chi connectivity index (χ4v) is 3.31. The summed E-state index contributed by atoms with van der Waals surface area (Å²) in [7, 11) is 0. The van der Waals surface area contributed by atoms with Crippen LogP contribution >= 0.6 is 22.9 Å². The first-order valence-electron chi connectivity index (χ1n) is 6.53. The summed E-state index contributed by atoms with van der Waals surface area (Å²) in [6.07, 6.45) is 1.93. The minimum atomic E-state index is -0.141. The van der Waals surface area contributed by atoms with Crippen molar-refractivity contribution in [3.8, 4) is 0 Å². The molecule has 0 saturated carbocycles. The van der Waals surface area contributed by atoms with Crippen LogP contribution < -0.4 is 5.32 Å². The van der Waals surface area contributed by atoms with Crippen LogP contribution in [0.15, 0.2) is 30.5 Å². The van der Waals surface area contributed by atoms with E-state index in [1.807, 2.05) is 48.7 Å². The fourth-order valence-electron chi connectivity index (χ4n) is 2.24. The van der Waals surface area contributed by atoms with E-state index in [1.54, 1.807) is 11.3 Å². The summed E-state index contributed by atoms with van der Waals surface area (Å²) in [5.74, 6) is -0.141. The van der Waals surface area contributed by atoms with Crippen molar-refractivity contribution < 1.29 is 4.79 Å². The lowest BCUT2D eigenvalue weighted by atomic mass is 10.2. The van der Waals surface area contributed by atoms with E-state index in [9.17, 15) is 4.79 Å². The van der Waals surface area contributed by atoms with Gasteiger partial charge in [-0.3, -0.25) is 9.20 Å². The SMILES string of the molecule is Cc1cn2c(C(=O)NCc3ccccc3Cl)c(C)nc2s1. The average Bonchev–Trinajstić information content (AvgIpc) is 2.92. The van der Waals surface area contributed by atoms with E-state index in [2.05, 4.69) is 10.3 Å². The number of carbonyl (C=O) groups excluding carboxylic acids is 1. The number of nitrogens with one attached hydrogen (secondary N) is 1. The zero-order chi connectivity index (χ0) is 15.0. The molecule has 1 amide bonds. The molecule has 1 N–H and O–H groups in total. The first-order chi connectivity index (χ1) is 10.1. The number of aromatic nitrogens is 2.